The Kier molecular flexibility index (Phi) is 2.66. The van der Waals surface area contributed by atoms with Crippen molar-refractivity contribution in [2.75, 3.05) is 13.8 Å². The van der Waals surface area contributed by atoms with Gasteiger partial charge in [-0.25, -0.2) is 10.0 Å². The minimum Gasteiger partial charge on any atom is -0.272 e. The van der Waals surface area contributed by atoms with Crippen LogP contribution in [-0.2, 0) is 4.84 Å². The molecule has 18 heavy (non-hydrogen) atoms. The lowest BCUT2D eigenvalue weighted by Gasteiger charge is -2.18. The summed E-state index contributed by atoms with van der Waals surface area (Å²) in [4.78, 5) is 15.1. The second kappa shape index (κ2) is 4.32. The number of aromatic nitrogens is 1. The first-order valence-electron chi connectivity index (χ1n) is 5.44. The molecule has 2 aliphatic rings. The van der Waals surface area contributed by atoms with Gasteiger partial charge in [-0.15, -0.1) is 0 Å². The maximum Gasteiger partial charge on any atom is 0.285 e. The zero-order chi connectivity index (χ0) is 12.5. The number of pyridine rings is 1. The molecule has 0 amide bonds. The van der Waals surface area contributed by atoms with E-state index in [1.165, 1.54) is 12.3 Å². The average molecular weight is 246 g/mol. The summed E-state index contributed by atoms with van der Waals surface area (Å²) < 4.78 is 12.8. The van der Waals surface area contributed by atoms with E-state index in [4.69, 9.17) is 4.84 Å². The molecule has 0 aliphatic carbocycles. The summed E-state index contributed by atoms with van der Waals surface area (Å²) in [5.74, 6) is 0.343. The fourth-order valence-electron chi connectivity index (χ4n) is 1.81. The Balaban J connectivity index is 1.87. The summed E-state index contributed by atoms with van der Waals surface area (Å²) in [7, 11) is 1.61. The van der Waals surface area contributed by atoms with Gasteiger partial charge in [-0.2, -0.15) is 9.38 Å². The molecule has 0 atom stereocenters. The highest BCUT2D eigenvalue weighted by atomic mass is 19.1. The standard InChI is InChI=1S/C12H11FN4O/c1-18-17-5-4-12-15-10(7-16(12)8-17)9-2-3-11(13)14-6-9/h2-7H,8H2,1H3/q+1. The molecule has 0 spiro atoms. The monoisotopic (exact) mass is 246 g/mol. The Labute approximate surface area is 103 Å². The van der Waals surface area contributed by atoms with Gasteiger partial charge in [-0.1, -0.05) is 4.90 Å². The first-order chi connectivity index (χ1) is 8.76. The van der Waals surface area contributed by atoms with Crippen molar-refractivity contribution in [3.63, 3.8) is 0 Å². The highest BCUT2D eigenvalue weighted by Gasteiger charge is 2.33. The third-order valence-corrected chi connectivity index (χ3v) is 2.75. The molecule has 0 bridgehead atoms. The van der Waals surface area contributed by atoms with Crippen LogP contribution < -0.4 is 4.90 Å². The minimum atomic E-state index is -0.492. The Morgan fingerprint density at radius 3 is 3.06 bits per heavy atom. The zero-order valence-corrected chi connectivity index (χ0v) is 9.75. The van der Waals surface area contributed by atoms with Gasteiger partial charge in [0.15, 0.2) is 6.20 Å². The summed E-state index contributed by atoms with van der Waals surface area (Å²) in [6.45, 7) is 0.573. The van der Waals surface area contributed by atoms with Crippen molar-refractivity contribution < 1.29 is 9.23 Å². The summed E-state index contributed by atoms with van der Waals surface area (Å²) in [6, 6.07) is 2.99. The third-order valence-electron chi connectivity index (χ3n) is 2.75. The molecule has 91 valence electrons. The van der Waals surface area contributed by atoms with E-state index in [0.29, 0.717) is 6.67 Å². The van der Waals surface area contributed by atoms with E-state index < -0.39 is 5.95 Å². The van der Waals surface area contributed by atoms with Crippen LogP contribution in [0.3, 0.4) is 0 Å². The van der Waals surface area contributed by atoms with Crippen LogP contribution in [0.4, 0.5) is 4.39 Å². The topological polar surface area (TPSA) is 43.6 Å². The number of halogens is 1. The van der Waals surface area contributed by atoms with Crippen LogP contribution in [0.2, 0.25) is 0 Å². The number of hydrogen-bond donors (Lipinski definition) is 0. The molecule has 0 fully saturated rings. The fourth-order valence-corrected chi connectivity index (χ4v) is 1.81. The highest BCUT2D eigenvalue weighted by molar-refractivity contribution is 6.03. The lowest BCUT2D eigenvalue weighted by molar-refractivity contribution is -0.0969. The van der Waals surface area contributed by atoms with Gasteiger partial charge in [0.25, 0.3) is 5.84 Å². The quantitative estimate of drug-likeness (QED) is 0.585. The molecule has 6 heteroatoms. The van der Waals surface area contributed by atoms with Crippen molar-refractivity contribution in [1.29, 1.82) is 0 Å². The molecule has 3 heterocycles. The van der Waals surface area contributed by atoms with E-state index >= 15 is 0 Å². The molecule has 0 aromatic carbocycles. The Morgan fingerprint density at radius 1 is 1.44 bits per heavy atom. The van der Waals surface area contributed by atoms with Crippen LogP contribution >= 0.6 is 0 Å². The van der Waals surface area contributed by atoms with Crippen LogP contribution in [0, 0.1) is 5.95 Å². The molecule has 0 unspecified atom stereocenters. The van der Waals surface area contributed by atoms with Crippen molar-refractivity contribution in [3.8, 4) is 0 Å². The van der Waals surface area contributed by atoms with E-state index in [2.05, 4.69) is 9.98 Å². The summed E-state index contributed by atoms with van der Waals surface area (Å²) in [5.41, 5.74) is 1.55. The van der Waals surface area contributed by atoms with Gasteiger partial charge >= 0.3 is 0 Å². The van der Waals surface area contributed by atoms with Crippen LogP contribution in [0.5, 0.6) is 0 Å². The van der Waals surface area contributed by atoms with E-state index in [1.54, 1.807) is 18.2 Å². The lowest BCUT2D eigenvalue weighted by Crippen LogP contribution is -2.41. The van der Waals surface area contributed by atoms with Crippen molar-refractivity contribution in [2.45, 2.75) is 0 Å². The van der Waals surface area contributed by atoms with Gasteiger partial charge < -0.3 is 0 Å². The summed E-state index contributed by atoms with van der Waals surface area (Å²) >= 11 is 0. The maximum atomic E-state index is 12.8. The molecule has 0 saturated carbocycles. The average Bonchev–Trinajstić information content (AvgIpc) is 2.82. The Bertz CT molecular complexity index is 550. The van der Waals surface area contributed by atoms with E-state index in [0.717, 1.165) is 17.1 Å². The van der Waals surface area contributed by atoms with E-state index in [9.17, 15) is 4.39 Å². The van der Waals surface area contributed by atoms with Gasteiger partial charge in [-0.3, -0.25) is 4.84 Å². The number of fused-ring (bicyclic) bond motifs is 1. The van der Waals surface area contributed by atoms with Gasteiger partial charge in [0.2, 0.25) is 12.6 Å². The molecule has 1 radical (unpaired) electrons. The highest BCUT2D eigenvalue weighted by Crippen LogP contribution is 2.23. The number of hydrogen-bond acceptors (Lipinski definition) is 5. The summed E-state index contributed by atoms with van der Waals surface area (Å²) in [6.07, 6.45) is 7.03. The number of amidine groups is 1. The Hall–Kier alpha value is -2.05. The molecular formula is C12H11FN4O+. The van der Waals surface area contributed by atoms with E-state index in [1.807, 2.05) is 23.4 Å². The molecule has 3 rings (SSSR count). The number of aliphatic imine (C=N–C) groups is 1. The molecular weight excluding hydrogens is 235 g/mol. The molecule has 2 aliphatic heterocycles. The van der Waals surface area contributed by atoms with Crippen molar-refractivity contribution in [2.24, 2.45) is 4.99 Å². The largest absolute Gasteiger partial charge is 0.285 e. The van der Waals surface area contributed by atoms with E-state index in [-0.39, 0.29) is 0 Å². The second-order valence-corrected chi connectivity index (χ2v) is 3.88. The van der Waals surface area contributed by atoms with Crippen LogP contribution in [0.1, 0.15) is 5.56 Å². The van der Waals surface area contributed by atoms with Crippen LogP contribution in [0.15, 0.2) is 41.8 Å². The second-order valence-electron chi connectivity index (χ2n) is 3.88. The minimum absolute atomic E-state index is 0.492. The van der Waals surface area contributed by atoms with Crippen molar-refractivity contribution >= 4 is 11.5 Å². The first kappa shape index (κ1) is 11.1. The Morgan fingerprint density at radius 2 is 2.33 bits per heavy atom. The predicted octanol–water partition coefficient (Wildman–Crippen LogP) is 1.42. The van der Waals surface area contributed by atoms with Crippen LogP contribution in [0.25, 0.3) is 5.70 Å². The number of hydroxylamine groups is 2. The maximum absolute atomic E-state index is 12.8. The molecule has 1 aromatic rings. The van der Waals surface area contributed by atoms with Crippen molar-refractivity contribution in [3.05, 3.63) is 48.3 Å². The molecule has 5 nitrogen and oxygen atoms in total. The third kappa shape index (κ3) is 1.92. The van der Waals surface area contributed by atoms with Gasteiger partial charge in [0, 0.05) is 24.0 Å². The van der Waals surface area contributed by atoms with Crippen molar-refractivity contribution in [1.82, 2.24) is 14.9 Å². The SMILES string of the molecule is CON1C=CC2=NC(c3ccc(F)nc3)=C[N+]2C1. The normalized spacial score (nSPS) is 18.7. The molecule has 0 saturated heterocycles. The van der Waals surface area contributed by atoms with Gasteiger partial charge in [-0.05, 0) is 12.1 Å². The summed E-state index contributed by atoms with van der Waals surface area (Å²) in [5, 5.41) is 1.68. The number of rotatable bonds is 2. The first-order valence-corrected chi connectivity index (χ1v) is 5.44. The molecule has 0 N–H and O–H groups in total. The van der Waals surface area contributed by atoms with Gasteiger partial charge in [0.05, 0.1) is 7.11 Å². The molecule has 1 aromatic heterocycles. The lowest BCUT2D eigenvalue weighted by atomic mass is 10.2. The fraction of sp³-hybridized carbons (Fsp3) is 0.167. The smallest absolute Gasteiger partial charge is 0.272 e. The zero-order valence-electron chi connectivity index (χ0n) is 9.75. The van der Waals surface area contributed by atoms with Gasteiger partial charge in [0.1, 0.15) is 5.70 Å². The predicted molar refractivity (Wildman–Crippen MR) is 64.6 cm³/mol. The van der Waals surface area contributed by atoms with Crippen LogP contribution in [-0.4, -0.2) is 29.7 Å². The number of nitrogens with zero attached hydrogens (tertiary/aromatic N) is 4.